The van der Waals surface area contributed by atoms with E-state index in [2.05, 4.69) is 15.8 Å². The largest absolute Gasteiger partial charge is 0.497 e. The number of carbonyl (C=O) groups excluding carboxylic acids is 2. The van der Waals surface area contributed by atoms with Crippen LogP contribution >= 0.6 is 0 Å². The Morgan fingerprint density at radius 1 is 1.07 bits per heavy atom. The summed E-state index contributed by atoms with van der Waals surface area (Å²) in [6.07, 6.45) is 1.25. The fourth-order valence-electron chi connectivity index (χ4n) is 1.98. The molecule has 0 atom stereocenters. The molecule has 0 spiro atoms. The number of amides is 2. The molecule has 10 heteroatoms. The second kappa shape index (κ2) is 8.94. The molecule has 0 fully saturated rings. The van der Waals surface area contributed by atoms with Crippen molar-refractivity contribution in [2.45, 2.75) is 0 Å². The first-order chi connectivity index (χ1) is 12.9. The van der Waals surface area contributed by atoms with Crippen LogP contribution in [-0.4, -0.2) is 37.2 Å². The molecule has 2 aromatic carbocycles. The van der Waals surface area contributed by atoms with Gasteiger partial charge in [-0.25, -0.2) is 5.43 Å². The monoisotopic (exact) mass is 372 g/mol. The van der Waals surface area contributed by atoms with Gasteiger partial charge in [0.15, 0.2) is 0 Å². The van der Waals surface area contributed by atoms with E-state index in [0.717, 1.165) is 0 Å². The van der Waals surface area contributed by atoms with Gasteiger partial charge in [0.2, 0.25) is 0 Å². The number of methoxy groups -OCH3 is 2. The maximum atomic E-state index is 11.9. The lowest BCUT2D eigenvalue weighted by molar-refractivity contribution is -0.384. The molecular weight excluding hydrogens is 356 g/mol. The molecule has 0 unspecified atom stereocenters. The highest BCUT2D eigenvalue weighted by Gasteiger charge is 2.15. The van der Waals surface area contributed by atoms with Crippen LogP contribution in [0.3, 0.4) is 0 Å². The van der Waals surface area contributed by atoms with E-state index in [1.54, 1.807) is 12.1 Å². The van der Waals surface area contributed by atoms with Gasteiger partial charge in [-0.3, -0.25) is 19.7 Å². The van der Waals surface area contributed by atoms with Crippen molar-refractivity contribution in [3.05, 3.63) is 58.1 Å². The van der Waals surface area contributed by atoms with Crippen molar-refractivity contribution >= 4 is 29.4 Å². The zero-order chi connectivity index (χ0) is 19.8. The Balaban J connectivity index is 1.95. The van der Waals surface area contributed by atoms with Gasteiger partial charge >= 0.3 is 11.8 Å². The Bertz CT molecular complexity index is 879. The van der Waals surface area contributed by atoms with E-state index in [4.69, 9.17) is 9.47 Å². The quantitative estimate of drug-likeness (QED) is 0.343. The van der Waals surface area contributed by atoms with Crippen LogP contribution in [0.2, 0.25) is 0 Å². The minimum absolute atomic E-state index is 0.0657. The van der Waals surface area contributed by atoms with Gasteiger partial charge in [-0.2, -0.15) is 5.10 Å². The third-order valence-corrected chi connectivity index (χ3v) is 3.35. The molecule has 0 radical (unpaired) electrons. The highest BCUT2D eigenvalue weighted by molar-refractivity contribution is 6.39. The Morgan fingerprint density at radius 3 is 2.37 bits per heavy atom. The summed E-state index contributed by atoms with van der Waals surface area (Å²) in [6.45, 7) is 0. The van der Waals surface area contributed by atoms with Gasteiger partial charge in [0.25, 0.3) is 5.69 Å². The average molecular weight is 372 g/mol. The molecule has 2 N–H and O–H groups in total. The minimum atomic E-state index is -0.994. The van der Waals surface area contributed by atoms with Gasteiger partial charge in [0.05, 0.1) is 31.0 Å². The minimum Gasteiger partial charge on any atom is -0.497 e. The SMILES string of the molecule is COc1ccc(NC(=O)C(=O)NN=Cc2ccc([N+](=O)[O-])cc2)c(OC)c1. The number of hydrazone groups is 1. The molecule has 0 aliphatic carbocycles. The van der Waals surface area contributed by atoms with Gasteiger partial charge in [0, 0.05) is 18.2 Å². The molecular formula is C17H16N4O6. The van der Waals surface area contributed by atoms with Crippen LogP contribution in [0.5, 0.6) is 11.5 Å². The van der Waals surface area contributed by atoms with Crippen molar-refractivity contribution in [3.63, 3.8) is 0 Å². The molecule has 0 saturated carbocycles. The first-order valence-corrected chi connectivity index (χ1v) is 7.55. The van der Waals surface area contributed by atoms with Crippen molar-refractivity contribution in [1.82, 2.24) is 5.43 Å². The van der Waals surface area contributed by atoms with E-state index in [9.17, 15) is 19.7 Å². The fraction of sp³-hybridized carbons (Fsp3) is 0.118. The molecule has 2 rings (SSSR count). The molecule has 0 bridgehead atoms. The summed E-state index contributed by atoms with van der Waals surface area (Å²) < 4.78 is 10.2. The number of nitro groups is 1. The van der Waals surface area contributed by atoms with Crippen LogP contribution in [-0.2, 0) is 9.59 Å². The van der Waals surface area contributed by atoms with Gasteiger partial charge in [0.1, 0.15) is 11.5 Å². The molecule has 27 heavy (non-hydrogen) atoms. The van der Waals surface area contributed by atoms with E-state index in [0.29, 0.717) is 17.1 Å². The van der Waals surface area contributed by atoms with Gasteiger partial charge < -0.3 is 14.8 Å². The number of non-ortho nitro benzene ring substituents is 1. The summed E-state index contributed by atoms with van der Waals surface area (Å²) in [4.78, 5) is 33.8. The number of hydrogen-bond acceptors (Lipinski definition) is 7. The second-order valence-corrected chi connectivity index (χ2v) is 5.07. The average Bonchev–Trinajstić information content (AvgIpc) is 2.68. The summed E-state index contributed by atoms with van der Waals surface area (Å²) in [7, 11) is 2.91. The highest BCUT2D eigenvalue weighted by atomic mass is 16.6. The van der Waals surface area contributed by atoms with Crippen molar-refractivity contribution < 1.29 is 24.0 Å². The smallest absolute Gasteiger partial charge is 0.329 e. The first kappa shape index (κ1) is 19.4. The molecule has 10 nitrogen and oxygen atoms in total. The zero-order valence-electron chi connectivity index (χ0n) is 14.5. The number of benzene rings is 2. The summed E-state index contributed by atoms with van der Waals surface area (Å²) in [5, 5.41) is 16.6. The Labute approximate surface area is 153 Å². The first-order valence-electron chi connectivity index (χ1n) is 7.55. The van der Waals surface area contributed by atoms with Crippen molar-refractivity contribution in [1.29, 1.82) is 0 Å². The predicted molar refractivity (Wildman–Crippen MR) is 97.0 cm³/mol. The van der Waals surface area contributed by atoms with Crippen LogP contribution in [0.25, 0.3) is 0 Å². The molecule has 0 saturated heterocycles. The third kappa shape index (κ3) is 5.26. The molecule has 2 aromatic rings. The van der Waals surface area contributed by atoms with E-state index < -0.39 is 16.7 Å². The molecule has 0 aromatic heterocycles. The van der Waals surface area contributed by atoms with Crippen LogP contribution in [0.15, 0.2) is 47.6 Å². The van der Waals surface area contributed by atoms with Crippen LogP contribution in [0.4, 0.5) is 11.4 Å². The van der Waals surface area contributed by atoms with Gasteiger partial charge in [-0.15, -0.1) is 0 Å². The number of nitro benzene ring substituents is 1. The standard InChI is InChI=1S/C17H16N4O6/c1-26-13-7-8-14(15(9-13)27-2)19-16(22)17(23)20-18-10-11-3-5-12(6-4-11)21(24)25/h3-10H,1-2H3,(H,19,22)(H,20,23). The molecule has 0 aliphatic rings. The highest BCUT2D eigenvalue weighted by Crippen LogP contribution is 2.28. The predicted octanol–water partition coefficient (Wildman–Crippen LogP) is 1.70. The summed E-state index contributed by atoms with van der Waals surface area (Å²) in [5.74, 6) is -1.09. The van der Waals surface area contributed by atoms with Crippen molar-refractivity contribution in [2.24, 2.45) is 5.10 Å². The summed E-state index contributed by atoms with van der Waals surface area (Å²) in [5.41, 5.74) is 2.80. The van der Waals surface area contributed by atoms with Crippen molar-refractivity contribution in [2.75, 3.05) is 19.5 Å². The van der Waals surface area contributed by atoms with Crippen LogP contribution in [0.1, 0.15) is 5.56 Å². The third-order valence-electron chi connectivity index (χ3n) is 3.35. The number of rotatable bonds is 6. The van der Waals surface area contributed by atoms with Crippen molar-refractivity contribution in [3.8, 4) is 11.5 Å². The number of nitrogens with zero attached hydrogens (tertiary/aromatic N) is 2. The number of nitrogens with one attached hydrogen (secondary N) is 2. The zero-order valence-corrected chi connectivity index (χ0v) is 14.5. The van der Waals surface area contributed by atoms with E-state index in [-0.39, 0.29) is 11.4 Å². The number of hydrogen-bond donors (Lipinski definition) is 2. The maximum absolute atomic E-state index is 11.9. The number of carbonyl (C=O) groups is 2. The van der Waals surface area contributed by atoms with E-state index >= 15 is 0 Å². The van der Waals surface area contributed by atoms with E-state index in [1.807, 2.05) is 0 Å². The van der Waals surface area contributed by atoms with Crippen LogP contribution in [0, 0.1) is 10.1 Å². The summed E-state index contributed by atoms with van der Waals surface area (Å²) in [6, 6.07) is 10.2. The lowest BCUT2D eigenvalue weighted by Crippen LogP contribution is -2.32. The normalized spacial score (nSPS) is 10.3. The van der Waals surface area contributed by atoms with Crippen LogP contribution < -0.4 is 20.2 Å². The number of anilines is 1. The Kier molecular flexibility index (Phi) is 6.42. The molecule has 0 aliphatic heterocycles. The second-order valence-electron chi connectivity index (χ2n) is 5.07. The fourth-order valence-corrected chi connectivity index (χ4v) is 1.98. The lowest BCUT2D eigenvalue weighted by atomic mass is 10.2. The Morgan fingerprint density at radius 2 is 1.78 bits per heavy atom. The molecule has 0 heterocycles. The summed E-state index contributed by atoms with van der Waals surface area (Å²) >= 11 is 0. The maximum Gasteiger partial charge on any atom is 0.329 e. The lowest BCUT2D eigenvalue weighted by Gasteiger charge is -2.10. The van der Waals surface area contributed by atoms with E-state index in [1.165, 1.54) is 50.8 Å². The molecule has 140 valence electrons. The Hall–Kier alpha value is -3.95. The molecule has 2 amide bonds. The van der Waals surface area contributed by atoms with Gasteiger partial charge in [-0.1, -0.05) is 0 Å². The topological polar surface area (TPSA) is 132 Å². The number of ether oxygens (including phenoxy) is 2. The van der Waals surface area contributed by atoms with Gasteiger partial charge in [-0.05, 0) is 29.8 Å².